The highest BCUT2D eigenvalue weighted by molar-refractivity contribution is 4.99. The summed E-state index contributed by atoms with van der Waals surface area (Å²) in [5, 5.41) is 3.88. The van der Waals surface area contributed by atoms with Crippen LogP contribution >= 0.6 is 0 Å². The Hall–Kier alpha value is -0.0800. The number of rotatable bonds is 4. The Morgan fingerprint density at radius 2 is 1.83 bits per heavy atom. The zero-order valence-corrected chi connectivity index (χ0v) is 12.7. The highest BCUT2D eigenvalue weighted by Gasteiger charge is 2.38. The van der Waals surface area contributed by atoms with Gasteiger partial charge in [-0.2, -0.15) is 0 Å². The molecule has 106 valence electrons. The predicted octanol–water partition coefficient (Wildman–Crippen LogP) is 3.42. The predicted molar refractivity (Wildman–Crippen MR) is 78.9 cm³/mol. The van der Waals surface area contributed by atoms with E-state index in [1.807, 2.05) is 0 Å². The van der Waals surface area contributed by atoms with Gasteiger partial charge in [-0.25, -0.2) is 0 Å². The van der Waals surface area contributed by atoms with Crippen LogP contribution in [0.3, 0.4) is 0 Å². The Balaban J connectivity index is 1.95. The maximum Gasteiger partial charge on any atom is 0.0309 e. The summed E-state index contributed by atoms with van der Waals surface area (Å²) in [7, 11) is 0. The van der Waals surface area contributed by atoms with Gasteiger partial charge in [0.2, 0.25) is 0 Å². The first-order valence-corrected chi connectivity index (χ1v) is 8.18. The number of nitrogens with zero attached hydrogens (tertiary/aromatic N) is 1. The van der Waals surface area contributed by atoms with E-state index < -0.39 is 0 Å². The molecule has 1 aliphatic carbocycles. The molecular formula is C16H32N2. The third-order valence-electron chi connectivity index (χ3n) is 5.36. The van der Waals surface area contributed by atoms with Crippen molar-refractivity contribution in [1.82, 2.24) is 10.2 Å². The Morgan fingerprint density at radius 1 is 1.17 bits per heavy atom. The highest BCUT2D eigenvalue weighted by Crippen LogP contribution is 2.32. The summed E-state index contributed by atoms with van der Waals surface area (Å²) < 4.78 is 0. The van der Waals surface area contributed by atoms with Crippen molar-refractivity contribution in [1.29, 1.82) is 0 Å². The molecule has 1 spiro atoms. The van der Waals surface area contributed by atoms with Crippen LogP contribution in [0.5, 0.6) is 0 Å². The van der Waals surface area contributed by atoms with Crippen LogP contribution in [-0.2, 0) is 0 Å². The van der Waals surface area contributed by atoms with Crippen LogP contribution in [0.4, 0.5) is 0 Å². The minimum atomic E-state index is 0.469. The molecule has 0 amide bonds. The lowest BCUT2D eigenvalue weighted by atomic mass is 9.79. The van der Waals surface area contributed by atoms with E-state index in [0.717, 1.165) is 12.0 Å². The molecule has 1 saturated carbocycles. The van der Waals surface area contributed by atoms with Gasteiger partial charge < -0.3 is 5.32 Å². The van der Waals surface area contributed by atoms with Gasteiger partial charge in [0.1, 0.15) is 0 Å². The van der Waals surface area contributed by atoms with E-state index in [4.69, 9.17) is 0 Å². The molecule has 18 heavy (non-hydrogen) atoms. The van der Waals surface area contributed by atoms with Gasteiger partial charge in [-0.3, -0.25) is 4.90 Å². The Labute approximate surface area is 114 Å². The topological polar surface area (TPSA) is 15.3 Å². The van der Waals surface area contributed by atoms with Crippen molar-refractivity contribution in [2.75, 3.05) is 19.6 Å². The molecule has 1 atom stereocenters. The van der Waals surface area contributed by atoms with Crippen molar-refractivity contribution in [2.24, 2.45) is 5.92 Å². The van der Waals surface area contributed by atoms with Gasteiger partial charge in [0, 0.05) is 31.2 Å². The van der Waals surface area contributed by atoms with Gasteiger partial charge in [-0.05, 0) is 25.7 Å². The number of nitrogens with one attached hydrogen (secondary N) is 1. The third kappa shape index (κ3) is 3.27. The van der Waals surface area contributed by atoms with Crippen molar-refractivity contribution in [3.63, 3.8) is 0 Å². The van der Waals surface area contributed by atoms with Gasteiger partial charge in [-0.15, -0.1) is 0 Å². The zero-order chi connectivity index (χ0) is 13.0. The fourth-order valence-electron chi connectivity index (χ4n) is 3.78. The summed E-state index contributed by atoms with van der Waals surface area (Å²) in [5.41, 5.74) is 0.469. The molecule has 0 radical (unpaired) electrons. The molecule has 0 bridgehead atoms. The molecule has 2 heteroatoms. The van der Waals surface area contributed by atoms with Crippen LogP contribution in [-0.4, -0.2) is 36.1 Å². The maximum atomic E-state index is 3.88. The minimum absolute atomic E-state index is 0.469. The summed E-state index contributed by atoms with van der Waals surface area (Å²) in [4.78, 5) is 2.78. The first-order chi connectivity index (χ1) is 8.69. The first kappa shape index (κ1) is 14.3. The quantitative estimate of drug-likeness (QED) is 0.825. The van der Waals surface area contributed by atoms with Crippen molar-refractivity contribution in [2.45, 2.75) is 77.3 Å². The van der Waals surface area contributed by atoms with E-state index in [1.165, 1.54) is 64.6 Å². The van der Waals surface area contributed by atoms with Crippen molar-refractivity contribution >= 4 is 0 Å². The monoisotopic (exact) mass is 252 g/mol. The number of piperazine rings is 1. The van der Waals surface area contributed by atoms with Crippen LogP contribution in [0.2, 0.25) is 0 Å². The molecule has 0 aromatic rings. The molecule has 1 unspecified atom stereocenters. The van der Waals surface area contributed by atoms with E-state index in [0.29, 0.717) is 5.54 Å². The lowest BCUT2D eigenvalue weighted by Crippen LogP contribution is -2.64. The van der Waals surface area contributed by atoms with Gasteiger partial charge in [0.25, 0.3) is 0 Å². The van der Waals surface area contributed by atoms with E-state index in [9.17, 15) is 0 Å². The fourth-order valence-corrected chi connectivity index (χ4v) is 3.78. The van der Waals surface area contributed by atoms with Gasteiger partial charge in [-0.1, -0.05) is 46.0 Å². The summed E-state index contributed by atoms with van der Waals surface area (Å²) >= 11 is 0. The van der Waals surface area contributed by atoms with E-state index in [-0.39, 0.29) is 0 Å². The minimum Gasteiger partial charge on any atom is -0.308 e. The molecule has 1 aliphatic heterocycles. The standard InChI is InChI=1S/C16H32N2/c1-4-15(5-2)12-18-13-16(17-11-14(18)3)9-7-6-8-10-16/h14-15,17H,4-13H2,1-3H3. The second kappa shape index (κ2) is 6.38. The SMILES string of the molecule is CCC(CC)CN1CC2(CCCCC2)NCC1C. The van der Waals surface area contributed by atoms with Crippen LogP contribution in [0.15, 0.2) is 0 Å². The summed E-state index contributed by atoms with van der Waals surface area (Å²) in [5.74, 6) is 0.895. The third-order valence-corrected chi connectivity index (χ3v) is 5.36. The normalized spacial score (nSPS) is 29.0. The lowest BCUT2D eigenvalue weighted by molar-refractivity contribution is 0.0502. The van der Waals surface area contributed by atoms with Gasteiger partial charge >= 0.3 is 0 Å². The molecule has 1 saturated heterocycles. The fraction of sp³-hybridized carbons (Fsp3) is 1.00. The van der Waals surface area contributed by atoms with Gasteiger partial charge in [0.05, 0.1) is 0 Å². The van der Waals surface area contributed by atoms with E-state index in [1.54, 1.807) is 0 Å². The molecule has 2 fully saturated rings. The maximum absolute atomic E-state index is 3.88. The van der Waals surface area contributed by atoms with Crippen LogP contribution in [0.1, 0.15) is 65.7 Å². The Kier molecular flexibility index (Phi) is 5.08. The second-order valence-corrected chi connectivity index (χ2v) is 6.68. The molecule has 1 N–H and O–H groups in total. The molecule has 1 heterocycles. The summed E-state index contributed by atoms with van der Waals surface area (Å²) in [6, 6.07) is 0.721. The molecule has 0 aromatic carbocycles. The van der Waals surface area contributed by atoms with Crippen LogP contribution in [0, 0.1) is 5.92 Å². The molecule has 2 nitrogen and oxygen atoms in total. The van der Waals surface area contributed by atoms with Crippen LogP contribution < -0.4 is 5.32 Å². The summed E-state index contributed by atoms with van der Waals surface area (Å²) in [6.07, 6.45) is 9.78. The second-order valence-electron chi connectivity index (χ2n) is 6.68. The molecule has 2 aliphatic rings. The van der Waals surface area contributed by atoms with Crippen LogP contribution in [0.25, 0.3) is 0 Å². The largest absolute Gasteiger partial charge is 0.308 e. The highest BCUT2D eigenvalue weighted by atomic mass is 15.2. The number of hydrogen-bond donors (Lipinski definition) is 1. The Morgan fingerprint density at radius 3 is 2.44 bits per heavy atom. The van der Waals surface area contributed by atoms with Crippen molar-refractivity contribution in [3.8, 4) is 0 Å². The van der Waals surface area contributed by atoms with Crippen molar-refractivity contribution < 1.29 is 0 Å². The number of hydrogen-bond acceptors (Lipinski definition) is 2. The average molecular weight is 252 g/mol. The Bertz CT molecular complexity index is 241. The van der Waals surface area contributed by atoms with E-state index in [2.05, 4.69) is 31.0 Å². The van der Waals surface area contributed by atoms with Gasteiger partial charge in [0.15, 0.2) is 0 Å². The smallest absolute Gasteiger partial charge is 0.0309 e. The zero-order valence-electron chi connectivity index (χ0n) is 12.7. The average Bonchev–Trinajstić information content (AvgIpc) is 2.41. The summed E-state index contributed by atoms with van der Waals surface area (Å²) in [6.45, 7) is 10.9. The molecular weight excluding hydrogens is 220 g/mol. The molecule has 0 aromatic heterocycles. The molecule has 2 rings (SSSR count). The van der Waals surface area contributed by atoms with Crippen molar-refractivity contribution in [3.05, 3.63) is 0 Å². The lowest BCUT2D eigenvalue weighted by Gasteiger charge is -2.49. The van der Waals surface area contributed by atoms with E-state index >= 15 is 0 Å². The first-order valence-electron chi connectivity index (χ1n) is 8.18.